The van der Waals surface area contributed by atoms with E-state index in [4.69, 9.17) is 5.73 Å². The number of nitrogens with one attached hydrogen (secondary N) is 1. The SMILES string of the molecule is NC(=O)c1cccnc1N1CCN(C(=O)CCCc2cn[nH]c2)CC1. The number of carbonyl (C=O) groups excluding carboxylic acids is 2. The first-order chi connectivity index (χ1) is 12.1. The molecule has 2 aromatic heterocycles. The standard InChI is InChI=1S/C17H22N6O2/c18-16(25)14-4-2-6-19-17(14)23-9-7-22(8-10-23)15(24)5-1-3-13-11-20-21-12-13/h2,4,6,11-12H,1,3,5,7-10H2,(H2,18,25)(H,20,21). The third kappa shape index (κ3) is 4.14. The van der Waals surface area contributed by atoms with Crippen molar-refractivity contribution in [2.45, 2.75) is 19.3 Å². The van der Waals surface area contributed by atoms with Crippen LogP contribution in [0.2, 0.25) is 0 Å². The Morgan fingerprint density at radius 3 is 2.72 bits per heavy atom. The number of pyridine rings is 1. The molecule has 0 saturated carbocycles. The molecule has 0 aliphatic carbocycles. The predicted octanol–water partition coefficient (Wildman–Crippen LogP) is 0.575. The molecule has 0 atom stereocenters. The zero-order chi connectivity index (χ0) is 17.6. The summed E-state index contributed by atoms with van der Waals surface area (Å²) >= 11 is 0. The zero-order valence-corrected chi connectivity index (χ0v) is 14.0. The number of carbonyl (C=O) groups is 2. The first-order valence-electron chi connectivity index (χ1n) is 8.40. The Morgan fingerprint density at radius 2 is 2.04 bits per heavy atom. The van der Waals surface area contributed by atoms with Crippen LogP contribution in [0.15, 0.2) is 30.7 Å². The molecule has 1 fully saturated rings. The van der Waals surface area contributed by atoms with Gasteiger partial charge in [-0.1, -0.05) is 0 Å². The fourth-order valence-electron chi connectivity index (χ4n) is 3.03. The number of H-pyrrole nitrogens is 1. The molecule has 3 rings (SSSR count). The second-order valence-electron chi connectivity index (χ2n) is 6.07. The van der Waals surface area contributed by atoms with E-state index in [2.05, 4.69) is 15.2 Å². The van der Waals surface area contributed by atoms with Crippen molar-refractivity contribution < 1.29 is 9.59 Å². The molecular weight excluding hydrogens is 320 g/mol. The van der Waals surface area contributed by atoms with E-state index in [1.165, 1.54) is 0 Å². The molecule has 2 amide bonds. The van der Waals surface area contributed by atoms with Gasteiger partial charge in [0.05, 0.1) is 11.8 Å². The third-order valence-electron chi connectivity index (χ3n) is 4.39. The van der Waals surface area contributed by atoms with E-state index < -0.39 is 5.91 Å². The topological polar surface area (TPSA) is 108 Å². The number of anilines is 1. The summed E-state index contributed by atoms with van der Waals surface area (Å²) in [5.74, 6) is 0.280. The summed E-state index contributed by atoms with van der Waals surface area (Å²) in [5, 5.41) is 6.68. The van der Waals surface area contributed by atoms with Crippen molar-refractivity contribution >= 4 is 17.6 Å². The molecule has 2 aromatic rings. The molecule has 0 aromatic carbocycles. The van der Waals surface area contributed by atoms with Crippen LogP contribution in [-0.2, 0) is 11.2 Å². The minimum Gasteiger partial charge on any atom is -0.365 e. The van der Waals surface area contributed by atoms with E-state index >= 15 is 0 Å². The van der Waals surface area contributed by atoms with Gasteiger partial charge in [0.2, 0.25) is 5.91 Å². The number of primary amides is 1. The van der Waals surface area contributed by atoms with E-state index in [1.807, 2.05) is 16.0 Å². The van der Waals surface area contributed by atoms with Gasteiger partial charge < -0.3 is 15.5 Å². The summed E-state index contributed by atoms with van der Waals surface area (Å²) in [6, 6.07) is 3.38. The monoisotopic (exact) mass is 342 g/mol. The van der Waals surface area contributed by atoms with Crippen LogP contribution in [-0.4, -0.2) is 58.1 Å². The molecule has 25 heavy (non-hydrogen) atoms. The summed E-state index contributed by atoms with van der Waals surface area (Å²) in [4.78, 5) is 32.0. The van der Waals surface area contributed by atoms with Crippen LogP contribution < -0.4 is 10.6 Å². The van der Waals surface area contributed by atoms with Crippen LogP contribution in [0.3, 0.4) is 0 Å². The number of rotatable bonds is 6. The summed E-state index contributed by atoms with van der Waals surface area (Å²) in [7, 11) is 0. The molecule has 0 unspecified atom stereocenters. The number of nitrogens with zero attached hydrogens (tertiary/aromatic N) is 4. The maximum absolute atomic E-state index is 12.3. The number of aromatic nitrogens is 3. The molecule has 1 aliphatic heterocycles. The molecule has 3 N–H and O–H groups in total. The van der Waals surface area contributed by atoms with E-state index in [-0.39, 0.29) is 5.91 Å². The Labute approximate surface area is 146 Å². The third-order valence-corrected chi connectivity index (χ3v) is 4.39. The fraction of sp³-hybridized carbons (Fsp3) is 0.412. The molecule has 8 heteroatoms. The summed E-state index contributed by atoms with van der Waals surface area (Å²) in [6.45, 7) is 2.54. The Kier molecular flexibility index (Phi) is 5.27. The normalized spacial score (nSPS) is 14.6. The molecule has 1 saturated heterocycles. The van der Waals surface area contributed by atoms with Crippen molar-refractivity contribution in [3.8, 4) is 0 Å². The average Bonchev–Trinajstić information content (AvgIpc) is 3.15. The van der Waals surface area contributed by atoms with E-state index in [0.717, 1.165) is 18.4 Å². The Bertz CT molecular complexity index is 722. The minimum absolute atomic E-state index is 0.166. The molecular formula is C17H22N6O2. The number of piperazine rings is 1. The van der Waals surface area contributed by atoms with Gasteiger partial charge in [0.15, 0.2) is 0 Å². The summed E-state index contributed by atoms with van der Waals surface area (Å²) in [6.07, 6.45) is 7.47. The van der Waals surface area contributed by atoms with Crippen LogP contribution in [0, 0.1) is 0 Å². The molecule has 0 bridgehead atoms. The second kappa shape index (κ2) is 7.78. The number of amides is 2. The van der Waals surface area contributed by atoms with Crippen molar-refractivity contribution in [3.63, 3.8) is 0 Å². The van der Waals surface area contributed by atoms with Crippen molar-refractivity contribution in [2.24, 2.45) is 5.73 Å². The number of hydrogen-bond acceptors (Lipinski definition) is 5. The number of aryl methyl sites for hydroxylation is 1. The van der Waals surface area contributed by atoms with Gasteiger partial charge in [0, 0.05) is 45.0 Å². The van der Waals surface area contributed by atoms with Crippen LogP contribution in [0.4, 0.5) is 5.82 Å². The lowest BCUT2D eigenvalue weighted by molar-refractivity contribution is -0.131. The van der Waals surface area contributed by atoms with Gasteiger partial charge in [-0.25, -0.2) is 4.98 Å². The minimum atomic E-state index is -0.485. The van der Waals surface area contributed by atoms with Gasteiger partial charge in [-0.3, -0.25) is 14.7 Å². The highest BCUT2D eigenvalue weighted by molar-refractivity contribution is 5.97. The predicted molar refractivity (Wildman–Crippen MR) is 93.1 cm³/mol. The second-order valence-corrected chi connectivity index (χ2v) is 6.07. The maximum Gasteiger partial charge on any atom is 0.252 e. The lowest BCUT2D eigenvalue weighted by Crippen LogP contribution is -2.49. The van der Waals surface area contributed by atoms with Gasteiger partial charge in [-0.15, -0.1) is 0 Å². The van der Waals surface area contributed by atoms with Crippen molar-refractivity contribution in [1.82, 2.24) is 20.1 Å². The first-order valence-corrected chi connectivity index (χ1v) is 8.40. The van der Waals surface area contributed by atoms with Crippen molar-refractivity contribution in [3.05, 3.63) is 41.9 Å². The van der Waals surface area contributed by atoms with Crippen LogP contribution in [0.5, 0.6) is 0 Å². The quantitative estimate of drug-likeness (QED) is 0.798. The number of hydrogen-bond donors (Lipinski definition) is 2. The van der Waals surface area contributed by atoms with E-state index in [9.17, 15) is 9.59 Å². The molecule has 0 spiro atoms. The van der Waals surface area contributed by atoms with Gasteiger partial charge in [-0.05, 0) is 30.5 Å². The molecule has 3 heterocycles. The summed E-state index contributed by atoms with van der Waals surface area (Å²) < 4.78 is 0. The van der Waals surface area contributed by atoms with Crippen LogP contribution in [0.1, 0.15) is 28.8 Å². The Balaban J connectivity index is 1.50. The largest absolute Gasteiger partial charge is 0.365 e. The molecule has 0 radical (unpaired) electrons. The number of aromatic amines is 1. The van der Waals surface area contributed by atoms with Gasteiger partial charge in [0.1, 0.15) is 5.82 Å². The molecule has 132 valence electrons. The lowest BCUT2D eigenvalue weighted by atomic mass is 10.1. The fourth-order valence-corrected chi connectivity index (χ4v) is 3.03. The van der Waals surface area contributed by atoms with Crippen LogP contribution >= 0.6 is 0 Å². The highest BCUT2D eigenvalue weighted by Crippen LogP contribution is 2.19. The Hall–Kier alpha value is -2.90. The lowest BCUT2D eigenvalue weighted by Gasteiger charge is -2.36. The average molecular weight is 342 g/mol. The highest BCUT2D eigenvalue weighted by Gasteiger charge is 2.24. The highest BCUT2D eigenvalue weighted by atomic mass is 16.2. The maximum atomic E-state index is 12.3. The number of nitrogens with two attached hydrogens (primary N) is 1. The van der Waals surface area contributed by atoms with Crippen molar-refractivity contribution in [2.75, 3.05) is 31.1 Å². The van der Waals surface area contributed by atoms with Gasteiger partial charge in [-0.2, -0.15) is 5.10 Å². The van der Waals surface area contributed by atoms with E-state index in [1.54, 1.807) is 24.5 Å². The smallest absolute Gasteiger partial charge is 0.252 e. The zero-order valence-electron chi connectivity index (χ0n) is 14.0. The van der Waals surface area contributed by atoms with Crippen molar-refractivity contribution in [1.29, 1.82) is 0 Å². The molecule has 1 aliphatic rings. The molecule has 8 nitrogen and oxygen atoms in total. The Morgan fingerprint density at radius 1 is 1.24 bits per heavy atom. The first kappa shape index (κ1) is 16.9. The summed E-state index contributed by atoms with van der Waals surface area (Å²) in [5.41, 5.74) is 6.95. The van der Waals surface area contributed by atoms with Gasteiger partial charge >= 0.3 is 0 Å². The van der Waals surface area contributed by atoms with Gasteiger partial charge in [0.25, 0.3) is 5.91 Å². The van der Waals surface area contributed by atoms with Crippen LogP contribution in [0.25, 0.3) is 0 Å². The van der Waals surface area contributed by atoms with E-state index in [0.29, 0.717) is 44.0 Å².